The molecule has 1 N–H and O–H groups in total. The lowest BCUT2D eigenvalue weighted by atomic mass is 9.96. The average Bonchev–Trinajstić information content (AvgIpc) is 2.96. The van der Waals surface area contributed by atoms with Gasteiger partial charge in [-0.2, -0.15) is 0 Å². The molecule has 0 aliphatic carbocycles. The number of urea groups is 1. The van der Waals surface area contributed by atoms with E-state index in [1.165, 1.54) is 0 Å². The second-order valence-corrected chi connectivity index (χ2v) is 10.6. The molecule has 0 aromatic rings. The molecule has 11 nitrogen and oxygen atoms in total. The molecule has 3 aliphatic rings. The molecule has 34 heavy (non-hydrogen) atoms. The number of carbonyl (C=O) groups is 5. The summed E-state index contributed by atoms with van der Waals surface area (Å²) in [5.41, 5.74) is -0.591. The zero-order valence-electron chi connectivity index (χ0n) is 20.8. The van der Waals surface area contributed by atoms with Gasteiger partial charge in [-0.25, -0.2) is 14.5 Å². The lowest BCUT2D eigenvalue weighted by molar-refractivity contribution is -0.144. The van der Waals surface area contributed by atoms with Crippen molar-refractivity contribution in [2.24, 2.45) is 5.92 Å². The SMILES string of the molecule is CC(C)N1C(=O)C(=O)N(CN2CCC[C@H](NC(=O)[C@H]3CCCN(C(=O)OC(C)(C)C)C3)C2)C1=O. The fraction of sp³-hybridized carbons (Fsp3) is 0.783. The van der Waals surface area contributed by atoms with Gasteiger partial charge < -0.3 is 15.0 Å². The predicted octanol–water partition coefficient (Wildman–Crippen LogP) is 1.37. The van der Waals surface area contributed by atoms with E-state index < -0.39 is 35.6 Å². The summed E-state index contributed by atoms with van der Waals surface area (Å²) in [6, 6.07) is -1.12. The lowest BCUT2D eigenvalue weighted by Crippen LogP contribution is -2.54. The van der Waals surface area contributed by atoms with E-state index in [-0.39, 0.29) is 24.5 Å². The Hall–Kier alpha value is -2.69. The minimum Gasteiger partial charge on any atom is -0.444 e. The van der Waals surface area contributed by atoms with Crippen LogP contribution in [-0.4, -0.2) is 100.0 Å². The number of hydrogen-bond donors (Lipinski definition) is 1. The number of likely N-dealkylation sites (tertiary alicyclic amines) is 2. The average molecular weight is 480 g/mol. The van der Waals surface area contributed by atoms with Crippen LogP contribution in [0.4, 0.5) is 9.59 Å². The van der Waals surface area contributed by atoms with Gasteiger partial charge in [-0.3, -0.25) is 24.2 Å². The Kier molecular flexibility index (Phi) is 7.84. The van der Waals surface area contributed by atoms with Gasteiger partial charge in [0, 0.05) is 31.7 Å². The Labute approximate surface area is 200 Å². The number of ether oxygens (including phenoxy) is 1. The Balaban J connectivity index is 1.53. The molecular weight excluding hydrogens is 442 g/mol. The summed E-state index contributed by atoms with van der Waals surface area (Å²) in [4.78, 5) is 67.8. The summed E-state index contributed by atoms with van der Waals surface area (Å²) in [5.74, 6) is -2.02. The van der Waals surface area contributed by atoms with E-state index >= 15 is 0 Å². The van der Waals surface area contributed by atoms with Gasteiger partial charge in [0.25, 0.3) is 0 Å². The topological polar surface area (TPSA) is 120 Å². The van der Waals surface area contributed by atoms with Crippen molar-refractivity contribution in [1.82, 2.24) is 24.9 Å². The number of nitrogens with zero attached hydrogens (tertiary/aromatic N) is 4. The molecule has 0 spiro atoms. The zero-order valence-corrected chi connectivity index (χ0v) is 20.8. The number of nitrogens with one attached hydrogen (secondary N) is 1. The van der Waals surface area contributed by atoms with Crippen LogP contribution < -0.4 is 5.32 Å². The van der Waals surface area contributed by atoms with Crippen molar-refractivity contribution in [2.45, 2.75) is 78.0 Å². The molecular formula is C23H37N5O6. The van der Waals surface area contributed by atoms with Crippen molar-refractivity contribution in [3.63, 3.8) is 0 Å². The second-order valence-electron chi connectivity index (χ2n) is 10.6. The molecule has 0 aromatic heterocycles. The van der Waals surface area contributed by atoms with Crippen molar-refractivity contribution >= 4 is 29.8 Å². The van der Waals surface area contributed by atoms with E-state index in [4.69, 9.17) is 4.74 Å². The van der Waals surface area contributed by atoms with Crippen molar-refractivity contribution in [1.29, 1.82) is 0 Å². The van der Waals surface area contributed by atoms with Gasteiger partial charge in [-0.1, -0.05) is 0 Å². The van der Waals surface area contributed by atoms with E-state index in [0.717, 1.165) is 29.1 Å². The lowest BCUT2D eigenvalue weighted by Gasteiger charge is -2.37. The molecule has 3 heterocycles. The quantitative estimate of drug-likeness (QED) is 0.467. The highest BCUT2D eigenvalue weighted by atomic mass is 16.6. The number of rotatable bonds is 5. The van der Waals surface area contributed by atoms with Crippen LogP contribution in [0.3, 0.4) is 0 Å². The highest BCUT2D eigenvalue weighted by molar-refractivity contribution is 6.44. The predicted molar refractivity (Wildman–Crippen MR) is 122 cm³/mol. The Morgan fingerprint density at radius 3 is 2.32 bits per heavy atom. The summed E-state index contributed by atoms with van der Waals surface area (Å²) >= 11 is 0. The van der Waals surface area contributed by atoms with E-state index in [0.29, 0.717) is 32.6 Å². The summed E-state index contributed by atoms with van der Waals surface area (Å²) in [6.45, 7) is 10.9. The van der Waals surface area contributed by atoms with E-state index in [2.05, 4.69) is 5.32 Å². The molecule has 2 atom stereocenters. The molecule has 0 unspecified atom stereocenters. The normalized spacial score (nSPS) is 24.8. The first-order valence-corrected chi connectivity index (χ1v) is 12.1. The molecule has 3 aliphatic heterocycles. The number of hydrogen-bond acceptors (Lipinski definition) is 7. The maximum Gasteiger partial charge on any atom is 0.410 e. The molecule has 3 rings (SSSR count). The second kappa shape index (κ2) is 10.3. The van der Waals surface area contributed by atoms with Gasteiger partial charge in [0.15, 0.2) is 0 Å². The molecule has 0 aromatic carbocycles. The molecule has 0 saturated carbocycles. The molecule has 190 valence electrons. The van der Waals surface area contributed by atoms with Crippen LogP contribution in [0.15, 0.2) is 0 Å². The summed E-state index contributed by atoms with van der Waals surface area (Å²) < 4.78 is 5.44. The zero-order chi connectivity index (χ0) is 25.2. The van der Waals surface area contributed by atoms with Gasteiger partial charge in [-0.15, -0.1) is 0 Å². The van der Waals surface area contributed by atoms with Gasteiger partial charge in [0.1, 0.15) is 5.60 Å². The van der Waals surface area contributed by atoms with Gasteiger partial charge in [0.2, 0.25) is 5.91 Å². The molecule has 3 fully saturated rings. The van der Waals surface area contributed by atoms with Gasteiger partial charge in [-0.05, 0) is 66.8 Å². The highest BCUT2D eigenvalue weighted by Crippen LogP contribution is 2.21. The van der Waals surface area contributed by atoms with E-state index in [9.17, 15) is 24.0 Å². The molecule has 11 heteroatoms. The molecule has 3 saturated heterocycles. The van der Waals surface area contributed by atoms with Crippen molar-refractivity contribution in [2.75, 3.05) is 32.8 Å². The van der Waals surface area contributed by atoms with Crippen LogP contribution in [0.1, 0.15) is 60.3 Å². The summed E-state index contributed by atoms with van der Waals surface area (Å²) in [7, 11) is 0. The molecule has 0 bridgehead atoms. The third-order valence-electron chi connectivity index (χ3n) is 6.24. The number of imide groups is 2. The van der Waals surface area contributed by atoms with E-state index in [1.807, 2.05) is 25.7 Å². The van der Waals surface area contributed by atoms with Crippen LogP contribution in [0.25, 0.3) is 0 Å². The third kappa shape index (κ3) is 6.05. The fourth-order valence-corrected chi connectivity index (χ4v) is 4.61. The number of piperidine rings is 2. The van der Waals surface area contributed by atoms with Crippen LogP contribution >= 0.6 is 0 Å². The monoisotopic (exact) mass is 479 g/mol. The van der Waals surface area contributed by atoms with Crippen LogP contribution in [-0.2, 0) is 19.1 Å². The highest BCUT2D eigenvalue weighted by Gasteiger charge is 2.46. The van der Waals surface area contributed by atoms with Crippen LogP contribution in [0.2, 0.25) is 0 Å². The first-order valence-electron chi connectivity index (χ1n) is 12.1. The van der Waals surface area contributed by atoms with E-state index in [1.54, 1.807) is 18.7 Å². The maximum atomic E-state index is 13.0. The Morgan fingerprint density at radius 2 is 1.71 bits per heavy atom. The summed E-state index contributed by atoms with van der Waals surface area (Å²) in [6.07, 6.45) is 2.60. The minimum absolute atomic E-state index is 0.0227. The Morgan fingerprint density at radius 1 is 1.03 bits per heavy atom. The maximum absolute atomic E-state index is 13.0. The van der Waals surface area contributed by atoms with Crippen molar-refractivity contribution < 1.29 is 28.7 Å². The number of amides is 6. The van der Waals surface area contributed by atoms with Gasteiger partial charge >= 0.3 is 23.9 Å². The van der Waals surface area contributed by atoms with Crippen molar-refractivity contribution in [3.05, 3.63) is 0 Å². The first-order chi connectivity index (χ1) is 15.9. The fourth-order valence-electron chi connectivity index (χ4n) is 4.61. The summed E-state index contributed by atoms with van der Waals surface area (Å²) in [5, 5.41) is 3.08. The van der Waals surface area contributed by atoms with Crippen molar-refractivity contribution in [3.8, 4) is 0 Å². The van der Waals surface area contributed by atoms with Gasteiger partial charge in [0.05, 0.1) is 12.6 Å². The molecule has 0 radical (unpaired) electrons. The number of carbonyl (C=O) groups excluding carboxylic acids is 5. The Bertz CT molecular complexity index is 838. The molecule has 6 amide bonds. The smallest absolute Gasteiger partial charge is 0.410 e. The third-order valence-corrected chi connectivity index (χ3v) is 6.24. The van der Waals surface area contributed by atoms with Crippen LogP contribution in [0.5, 0.6) is 0 Å². The largest absolute Gasteiger partial charge is 0.444 e. The van der Waals surface area contributed by atoms with Crippen LogP contribution in [0, 0.1) is 5.92 Å². The minimum atomic E-state index is -0.811. The first kappa shape index (κ1) is 25.9. The standard InChI is InChI=1S/C23H37N5O6/c1-15(2)28-20(31)19(30)27(21(28)32)14-25-10-7-9-17(13-25)24-18(29)16-8-6-11-26(12-16)22(33)34-23(3,4)5/h15-17H,6-14H2,1-5H3,(H,24,29)/t16-,17-/m0/s1.